The van der Waals surface area contributed by atoms with Crippen LogP contribution in [0.3, 0.4) is 0 Å². The highest BCUT2D eigenvalue weighted by molar-refractivity contribution is 5.96. The van der Waals surface area contributed by atoms with Crippen LogP contribution in [0.1, 0.15) is 6.92 Å². The summed E-state index contributed by atoms with van der Waals surface area (Å²) in [5.41, 5.74) is 6.93. The predicted octanol–water partition coefficient (Wildman–Crippen LogP) is 0.924. The van der Waals surface area contributed by atoms with Crippen molar-refractivity contribution in [2.24, 2.45) is 5.73 Å². The maximum absolute atomic E-state index is 11.5. The molecule has 1 aromatic carbocycles. The van der Waals surface area contributed by atoms with Gasteiger partial charge in [-0.1, -0.05) is 0 Å². The number of urea groups is 1. The molecule has 0 radical (unpaired) electrons. The first-order valence-corrected chi connectivity index (χ1v) is 5.80. The molecule has 1 aliphatic heterocycles. The van der Waals surface area contributed by atoms with E-state index < -0.39 is 6.04 Å². The van der Waals surface area contributed by atoms with Crippen molar-refractivity contribution in [1.29, 1.82) is 0 Å². The normalized spacial score (nSPS) is 15.5. The van der Waals surface area contributed by atoms with Crippen LogP contribution >= 0.6 is 12.4 Å². The molecule has 1 heterocycles. The van der Waals surface area contributed by atoms with E-state index in [1.807, 2.05) is 0 Å². The SMILES string of the molecule is CC(N)C(=O)Nc1ccc(N2CCNC2=O)cc1.Cl. The first-order valence-electron chi connectivity index (χ1n) is 5.80. The maximum Gasteiger partial charge on any atom is 0.321 e. The smallest absolute Gasteiger partial charge is 0.321 e. The Morgan fingerprint density at radius 1 is 1.42 bits per heavy atom. The van der Waals surface area contributed by atoms with Crippen LogP contribution in [0.25, 0.3) is 0 Å². The highest BCUT2D eigenvalue weighted by atomic mass is 35.5. The van der Waals surface area contributed by atoms with E-state index in [-0.39, 0.29) is 24.3 Å². The molecule has 1 aromatic rings. The third-order valence-electron chi connectivity index (χ3n) is 2.72. The van der Waals surface area contributed by atoms with E-state index in [4.69, 9.17) is 5.73 Å². The lowest BCUT2D eigenvalue weighted by atomic mass is 10.2. The van der Waals surface area contributed by atoms with Crippen LogP contribution in [0.5, 0.6) is 0 Å². The number of hydrogen-bond donors (Lipinski definition) is 3. The van der Waals surface area contributed by atoms with Gasteiger partial charge in [0.05, 0.1) is 6.04 Å². The van der Waals surface area contributed by atoms with Crippen molar-refractivity contribution in [3.8, 4) is 0 Å². The van der Waals surface area contributed by atoms with Gasteiger partial charge in [0.25, 0.3) is 0 Å². The fourth-order valence-corrected chi connectivity index (χ4v) is 1.70. The van der Waals surface area contributed by atoms with Gasteiger partial charge in [0.2, 0.25) is 5.91 Å². The van der Waals surface area contributed by atoms with E-state index in [1.165, 1.54) is 0 Å². The first-order chi connectivity index (χ1) is 8.58. The molecule has 7 heteroatoms. The second-order valence-electron chi connectivity index (χ2n) is 4.21. The van der Waals surface area contributed by atoms with Crippen LogP contribution in [-0.4, -0.2) is 31.1 Å². The standard InChI is InChI=1S/C12H16N4O2.ClH/c1-8(13)11(17)15-9-2-4-10(5-3-9)16-7-6-14-12(16)18;/h2-5,8H,6-7,13H2,1H3,(H,14,18)(H,15,17);1H. The van der Waals surface area contributed by atoms with Gasteiger partial charge in [0.15, 0.2) is 0 Å². The van der Waals surface area contributed by atoms with Gasteiger partial charge in [-0.25, -0.2) is 4.79 Å². The number of anilines is 2. The first kappa shape index (κ1) is 15.3. The lowest BCUT2D eigenvalue weighted by molar-refractivity contribution is -0.117. The molecule has 0 saturated carbocycles. The highest BCUT2D eigenvalue weighted by Crippen LogP contribution is 2.19. The number of nitrogens with one attached hydrogen (secondary N) is 2. The lowest BCUT2D eigenvalue weighted by Crippen LogP contribution is -2.32. The van der Waals surface area contributed by atoms with E-state index in [9.17, 15) is 9.59 Å². The maximum atomic E-state index is 11.5. The molecule has 3 amide bonds. The largest absolute Gasteiger partial charge is 0.336 e. The van der Waals surface area contributed by atoms with E-state index in [2.05, 4.69) is 10.6 Å². The summed E-state index contributed by atoms with van der Waals surface area (Å²) in [6, 6.07) is 6.45. The van der Waals surface area contributed by atoms with Gasteiger partial charge < -0.3 is 16.4 Å². The Bertz CT molecular complexity index is 461. The molecule has 6 nitrogen and oxygen atoms in total. The molecule has 0 spiro atoms. The summed E-state index contributed by atoms with van der Waals surface area (Å²) >= 11 is 0. The highest BCUT2D eigenvalue weighted by Gasteiger charge is 2.20. The number of amides is 3. The number of rotatable bonds is 3. The van der Waals surface area contributed by atoms with Crippen molar-refractivity contribution in [2.75, 3.05) is 23.3 Å². The Morgan fingerprint density at radius 3 is 2.53 bits per heavy atom. The van der Waals surface area contributed by atoms with Crippen LogP contribution in [-0.2, 0) is 4.79 Å². The van der Waals surface area contributed by atoms with Crippen LogP contribution in [0.15, 0.2) is 24.3 Å². The van der Waals surface area contributed by atoms with Gasteiger partial charge in [-0.15, -0.1) is 12.4 Å². The van der Waals surface area contributed by atoms with Crippen LogP contribution in [0.4, 0.5) is 16.2 Å². The van der Waals surface area contributed by atoms with Gasteiger partial charge in [-0.05, 0) is 31.2 Å². The van der Waals surface area contributed by atoms with Crippen molar-refractivity contribution in [3.63, 3.8) is 0 Å². The summed E-state index contributed by atoms with van der Waals surface area (Å²) < 4.78 is 0. The number of halogens is 1. The van der Waals surface area contributed by atoms with Gasteiger partial charge in [0.1, 0.15) is 0 Å². The molecule has 0 aromatic heterocycles. The second kappa shape index (κ2) is 6.40. The monoisotopic (exact) mass is 284 g/mol. The summed E-state index contributed by atoms with van der Waals surface area (Å²) in [6.45, 7) is 2.94. The molecule has 1 unspecified atom stereocenters. The van der Waals surface area contributed by atoms with Crippen LogP contribution < -0.4 is 21.3 Å². The summed E-state index contributed by atoms with van der Waals surface area (Å²) in [4.78, 5) is 24.5. The molecule has 0 aliphatic carbocycles. The number of carbonyl (C=O) groups excluding carboxylic acids is 2. The molecular formula is C12H17ClN4O2. The average molecular weight is 285 g/mol. The van der Waals surface area contributed by atoms with Crippen molar-refractivity contribution in [1.82, 2.24) is 5.32 Å². The quantitative estimate of drug-likeness (QED) is 0.771. The van der Waals surface area contributed by atoms with Crippen molar-refractivity contribution in [2.45, 2.75) is 13.0 Å². The summed E-state index contributed by atoms with van der Waals surface area (Å²) in [7, 11) is 0. The van der Waals surface area contributed by atoms with Gasteiger partial charge in [-0.3, -0.25) is 9.69 Å². The van der Waals surface area contributed by atoms with E-state index in [0.717, 1.165) is 5.69 Å². The fraction of sp³-hybridized carbons (Fsp3) is 0.333. The summed E-state index contributed by atoms with van der Waals surface area (Å²) in [6.07, 6.45) is 0. The fourth-order valence-electron chi connectivity index (χ4n) is 1.70. The van der Waals surface area contributed by atoms with E-state index >= 15 is 0 Å². The van der Waals surface area contributed by atoms with Gasteiger partial charge in [-0.2, -0.15) is 0 Å². The molecule has 1 fully saturated rings. The Kier molecular flexibility index (Phi) is 5.14. The third-order valence-corrected chi connectivity index (χ3v) is 2.72. The minimum absolute atomic E-state index is 0. The zero-order chi connectivity index (χ0) is 13.1. The van der Waals surface area contributed by atoms with Gasteiger partial charge >= 0.3 is 6.03 Å². The van der Waals surface area contributed by atoms with Crippen molar-refractivity contribution >= 4 is 35.7 Å². The zero-order valence-corrected chi connectivity index (χ0v) is 11.4. The molecule has 104 valence electrons. The minimum Gasteiger partial charge on any atom is -0.336 e. The number of carbonyl (C=O) groups is 2. The number of benzene rings is 1. The Balaban J connectivity index is 0.00000180. The Hall–Kier alpha value is -1.79. The summed E-state index contributed by atoms with van der Waals surface area (Å²) in [5, 5.41) is 5.42. The van der Waals surface area contributed by atoms with Crippen molar-refractivity contribution in [3.05, 3.63) is 24.3 Å². The summed E-state index contributed by atoms with van der Waals surface area (Å²) in [5.74, 6) is -0.235. The number of nitrogens with two attached hydrogens (primary N) is 1. The lowest BCUT2D eigenvalue weighted by Gasteiger charge is -2.15. The average Bonchev–Trinajstić information content (AvgIpc) is 2.76. The number of nitrogens with zero attached hydrogens (tertiary/aromatic N) is 1. The Labute approximate surface area is 117 Å². The molecule has 1 atom stereocenters. The van der Waals surface area contributed by atoms with Gasteiger partial charge in [0, 0.05) is 24.5 Å². The zero-order valence-electron chi connectivity index (χ0n) is 10.6. The molecule has 1 aliphatic rings. The van der Waals surface area contributed by atoms with Crippen LogP contribution in [0.2, 0.25) is 0 Å². The molecule has 4 N–H and O–H groups in total. The van der Waals surface area contributed by atoms with Crippen LogP contribution in [0, 0.1) is 0 Å². The minimum atomic E-state index is -0.547. The second-order valence-corrected chi connectivity index (χ2v) is 4.21. The molecular weight excluding hydrogens is 268 g/mol. The van der Waals surface area contributed by atoms with Crippen molar-refractivity contribution < 1.29 is 9.59 Å². The van der Waals surface area contributed by atoms with E-state index in [1.54, 1.807) is 36.1 Å². The number of hydrogen-bond acceptors (Lipinski definition) is 3. The third kappa shape index (κ3) is 3.59. The topological polar surface area (TPSA) is 87.5 Å². The molecule has 19 heavy (non-hydrogen) atoms. The Morgan fingerprint density at radius 2 is 2.05 bits per heavy atom. The van der Waals surface area contributed by atoms with E-state index in [0.29, 0.717) is 18.8 Å². The molecule has 0 bridgehead atoms. The molecule has 2 rings (SSSR count). The molecule has 1 saturated heterocycles. The predicted molar refractivity (Wildman–Crippen MR) is 76.7 cm³/mol.